The average Bonchev–Trinajstić information content (AvgIpc) is 3.10. The van der Waals surface area contributed by atoms with Crippen LogP contribution in [0.4, 0.5) is 10.5 Å². The molecule has 256 valence electrons. The summed E-state index contributed by atoms with van der Waals surface area (Å²) in [5, 5.41) is 18.9. The molecule has 2 heterocycles. The van der Waals surface area contributed by atoms with Crippen molar-refractivity contribution in [2.45, 2.75) is 38.6 Å². The van der Waals surface area contributed by atoms with Crippen LogP contribution in [-0.4, -0.2) is 80.5 Å². The zero-order chi connectivity index (χ0) is 35.2. The van der Waals surface area contributed by atoms with Crippen LogP contribution in [0.1, 0.15) is 23.6 Å². The molecule has 2 aliphatic heterocycles. The van der Waals surface area contributed by atoms with Crippen molar-refractivity contribution in [3.63, 3.8) is 0 Å². The van der Waals surface area contributed by atoms with E-state index in [4.69, 9.17) is 0 Å². The summed E-state index contributed by atoms with van der Waals surface area (Å²) in [6.07, 6.45) is 1.06. The molecule has 0 bridgehead atoms. The third-order valence-electron chi connectivity index (χ3n) is 8.85. The highest BCUT2D eigenvalue weighted by molar-refractivity contribution is 5.92. The predicted molar refractivity (Wildman–Crippen MR) is 190 cm³/mol. The van der Waals surface area contributed by atoms with Crippen LogP contribution in [0.25, 0.3) is 11.1 Å². The van der Waals surface area contributed by atoms with Gasteiger partial charge < -0.3 is 25.5 Å². The summed E-state index contributed by atoms with van der Waals surface area (Å²) in [7, 11) is 0. The highest BCUT2D eigenvalue weighted by Crippen LogP contribution is 2.31. The van der Waals surface area contributed by atoms with Gasteiger partial charge in [0.25, 0.3) is 0 Å². The van der Waals surface area contributed by atoms with Crippen LogP contribution in [0.5, 0.6) is 5.75 Å². The lowest BCUT2D eigenvalue weighted by molar-refractivity contribution is -0.189. The van der Waals surface area contributed by atoms with Gasteiger partial charge >= 0.3 is 6.03 Å². The molecule has 0 aliphatic carbocycles. The standard InChI is InChI=1S/C39H40N6O5/c1-3-19-43-26-37(48)44-35(21-28-15-17-34(47)18-16-28)38(49)42(25-36(44)45(43)39(50)40-23-29-9-5-4-6-10-29)24-30-11-7-12-31(20-30)32-13-8-14-33(22-32)41-27(2)46/h3-18,20,22,35-36,47H,1,19,21,23-26H2,2H3,(H,40,50)(H,41,46)/t35-,36-/m0/s1. The van der Waals surface area contributed by atoms with Crippen molar-refractivity contribution in [3.8, 4) is 16.9 Å². The fourth-order valence-corrected chi connectivity index (χ4v) is 6.60. The Bertz CT molecular complexity index is 1880. The third kappa shape index (κ3) is 7.68. The van der Waals surface area contributed by atoms with E-state index in [1.165, 1.54) is 6.92 Å². The Labute approximate surface area is 291 Å². The van der Waals surface area contributed by atoms with Gasteiger partial charge in [-0.3, -0.25) is 14.4 Å². The molecule has 3 N–H and O–H groups in total. The minimum Gasteiger partial charge on any atom is -0.508 e. The number of amides is 5. The van der Waals surface area contributed by atoms with E-state index in [9.17, 15) is 24.3 Å². The molecule has 5 amide bonds. The molecule has 2 saturated heterocycles. The fourth-order valence-electron chi connectivity index (χ4n) is 6.60. The fraction of sp³-hybridized carbons (Fsp3) is 0.231. The number of benzene rings is 4. The van der Waals surface area contributed by atoms with Crippen molar-refractivity contribution in [1.82, 2.24) is 25.1 Å². The van der Waals surface area contributed by atoms with Crippen molar-refractivity contribution in [2.24, 2.45) is 0 Å². The van der Waals surface area contributed by atoms with Crippen LogP contribution in [0, 0.1) is 0 Å². The predicted octanol–water partition coefficient (Wildman–Crippen LogP) is 4.75. The van der Waals surface area contributed by atoms with E-state index in [0.29, 0.717) is 5.69 Å². The number of phenolic OH excluding ortho intramolecular Hbond substituents is 1. The third-order valence-corrected chi connectivity index (χ3v) is 8.85. The van der Waals surface area contributed by atoms with Crippen LogP contribution < -0.4 is 10.6 Å². The molecular weight excluding hydrogens is 632 g/mol. The first kappa shape index (κ1) is 33.9. The van der Waals surface area contributed by atoms with Gasteiger partial charge in [-0.05, 0) is 58.1 Å². The minimum absolute atomic E-state index is 0.0886. The molecule has 0 saturated carbocycles. The maximum Gasteiger partial charge on any atom is 0.334 e. The SMILES string of the molecule is C=CCN1CC(=O)N2[C@@H](Cc3ccc(O)cc3)C(=O)N(Cc3cccc(-c4cccc(NC(C)=O)c4)c3)C[C@@H]2N1C(=O)NCc1ccccc1. The molecular formula is C39H40N6O5. The number of urea groups is 1. The maximum absolute atomic E-state index is 14.4. The molecule has 2 atom stereocenters. The topological polar surface area (TPSA) is 126 Å². The number of carbonyl (C=O) groups excluding carboxylic acids is 4. The van der Waals surface area contributed by atoms with Crippen LogP contribution in [-0.2, 0) is 33.9 Å². The van der Waals surface area contributed by atoms with Gasteiger partial charge in [-0.1, -0.05) is 78.9 Å². The van der Waals surface area contributed by atoms with Crippen molar-refractivity contribution < 1.29 is 24.3 Å². The van der Waals surface area contributed by atoms with Crippen LogP contribution >= 0.6 is 0 Å². The normalized spacial score (nSPS) is 17.7. The van der Waals surface area contributed by atoms with Crippen molar-refractivity contribution >= 4 is 29.4 Å². The van der Waals surface area contributed by atoms with E-state index in [-0.39, 0.29) is 62.6 Å². The number of hydrogen-bond donors (Lipinski definition) is 3. The van der Waals surface area contributed by atoms with Crippen molar-refractivity contribution in [3.05, 3.63) is 132 Å². The average molecular weight is 673 g/mol. The number of piperazine rings is 1. The van der Waals surface area contributed by atoms with Gasteiger partial charge in [-0.25, -0.2) is 14.8 Å². The Morgan fingerprint density at radius 2 is 1.58 bits per heavy atom. The van der Waals surface area contributed by atoms with Crippen LogP contribution in [0.3, 0.4) is 0 Å². The lowest BCUT2D eigenvalue weighted by Gasteiger charge is -2.55. The largest absolute Gasteiger partial charge is 0.508 e. The molecule has 0 unspecified atom stereocenters. The molecule has 50 heavy (non-hydrogen) atoms. The monoisotopic (exact) mass is 672 g/mol. The van der Waals surface area contributed by atoms with Gasteiger partial charge in [0, 0.05) is 38.7 Å². The second-order valence-corrected chi connectivity index (χ2v) is 12.5. The summed E-state index contributed by atoms with van der Waals surface area (Å²) in [4.78, 5) is 57.2. The Kier molecular flexibility index (Phi) is 10.2. The quantitative estimate of drug-likeness (QED) is 0.209. The Morgan fingerprint density at radius 3 is 2.30 bits per heavy atom. The van der Waals surface area contributed by atoms with Gasteiger partial charge in [0.1, 0.15) is 18.0 Å². The highest BCUT2D eigenvalue weighted by Gasteiger charge is 2.51. The Balaban J connectivity index is 1.33. The summed E-state index contributed by atoms with van der Waals surface area (Å²) >= 11 is 0. The van der Waals surface area contributed by atoms with Crippen LogP contribution in [0.2, 0.25) is 0 Å². The second kappa shape index (κ2) is 15.1. The molecule has 11 nitrogen and oxygen atoms in total. The smallest absolute Gasteiger partial charge is 0.334 e. The van der Waals surface area contributed by atoms with Crippen LogP contribution in [0.15, 0.2) is 116 Å². The molecule has 2 fully saturated rings. The Hall–Kier alpha value is -5.94. The van der Waals surface area contributed by atoms with E-state index >= 15 is 0 Å². The molecule has 4 aromatic rings. The number of carbonyl (C=O) groups is 4. The number of fused-ring (bicyclic) bond motifs is 1. The highest BCUT2D eigenvalue weighted by atomic mass is 16.3. The number of phenols is 1. The Morgan fingerprint density at radius 1 is 0.880 bits per heavy atom. The van der Waals surface area contributed by atoms with Gasteiger partial charge in [0.15, 0.2) is 0 Å². The number of aromatic hydroxyl groups is 1. The lowest BCUT2D eigenvalue weighted by Crippen LogP contribution is -2.76. The molecule has 0 radical (unpaired) electrons. The number of nitrogens with one attached hydrogen (secondary N) is 2. The molecule has 0 aromatic heterocycles. The van der Waals surface area contributed by atoms with Crippen molar-refractivity contribution in [1.29, 1.82) is 0 Å². The first-order valence-electron chi connectivity index (χ1n) is 16.5. The van der Waals surface area contributed by atoms with E-state index in [1.54, 1.807) is 50.2 Å². The summed E-state index contributed by atoms with van der Waals surface area (Å²) in [5.41, 5.74) is 5.05. The summed E-state index contributed by atoms with van der Waals surface area (Å²) < 4.78 is 0. The number of rotatable bonds is 10. The van der Waals surface area contributed by atoms with E-state index in [2.05, 4.69) is 17.2 Å². The molecule has 4 aromatic carbocycles. The van der Waals surface area contributed by atoms with Gasteiger partial charge in [0.2, 0.25) is 17.7 Å². The summed E-state index contributed by atoms with van der Waals surface area (Å²) in [6, 6.07) is 30.2. The first-order chi connectivity index (χ1) is 24.2. The lowest BCUT2D eigenvalue weighted by atomic mass is 9.97. The van der Waals surface area contributed by atoms with E-state index in [1.807, 2.05) is 78.9 Å². The maximum atomic E-state index is 14.4. The zero-order valence-electron chi connectivity index (χ0n) is 27.9. The molecule has 11 heteroatoms. The molecule has 2 aliphatic rings. The zero-order valence-corrected chi connectivity index (χ0v) is 27.9. The number of hydrogen-bond acceptors (Lipinski definition) is 6. The van der Waals surface area contributed by atoms with Gasteiger partial charge in [-0.2, -0.15) is 0 Å². The summed E-state index contributed by atoms with van der Waals surface area (Å²) in [6.45, 7) is 6.09. The number of nitrogens with zero attached hydrogens (tertiary/aromatic N) is 4. The van der Waals surface area contributed by atoms with E-state index < -0.39 is 18.2 Å². The number of anilines is 1. The van der Waals surface area contributed by atoms with Gasteiger partial charge in [-0.15, -0.1) is 6.58 Å². The number of hydrazine groups is 1. The van der Waals surface area contributed by atoms with E-state index in [0.717, 1.165) is 27.8 Å². The first-order valence-corrected chi connectivity index (χ1v) is 16.5. The summed E-state index contributed by atoms with van der Waals surface area (Å²) in [5.74, 6) is -0.559. The molecule has 0 spiro atoms. The minimum atomic E-state index is -0.890. The molecule has 6 rings (SSSR count). The van der Waals surface area contributed by atoms with Crippen molar-refractivity contribution in [2.75, 3.05) is 25.0 Å². The van der Waals surface area contributed by atoms with Gasteiger partial charge in [0.05, 0.1) is 13.1 Å². The second-order valence-electron chi connectivity index (χ2n) is 12.5.